The van der Waals surface area contributed by atoms with E-state index in [9.17, 15) is 14.6 Å². The minimum atomic E-state index is -1.12. The Hall–Kier alpha value is -2.23. The minimum Gasteiger partial charge on any atom is -0.385 e. The highest BCUT2D eigenvalue weighted by Crippen LogP contribution is 2.49. The van der Waals surface area contributed by atoms with Crippen molar-refractivity contribution in [1.29, 1.82) is 0 Å². The van der Waals surface area contributed by atoms with E-state index in [1.54, 1.807) is 6.07 Å². The van der Waals surface area contributed by atoms with Gasteiger partial charge in [0.2, 0.25) is 0 Å². The maximum absolute atomic E-state index is 13.6. The zero-order valence-electron chi connectivity index (χ0n) is 13.0. The Labute approximate surface area is 133 Å². The van der Waals surface area contributed by atoms with Crippen LogP contribution in [0.1, 0.15) is 34.5 Å². The number of benzene rings is 3. The lowest BCUT2D eigenvalue weighted by molar-refractivity contribution is 0.0153. The van der Waals surface area contributed by atoms with Gasteiger partial charge in [0.1, 0.15) is 18.0 Å². The van der Waals surface area contributed by atoms with Crippen molar-refractivity contribution in [2.75, 3.05) is 0 Å². The number of hydrogen-bond donors (Lipinski definition) is 2. The topological polar surface area (TPSA) is 40.5 Å². The first-order valence-corrected chi connectivity index (χ1v) is 7.68. The van der Waals surface area contributed by atoms with E-state index in [0.29, 0.717) is 5.56 Å². The van der Waals surface area contributed by atoms with Crippen molar-refractivity contribution in [3.63, 3.8) is 0 Å². The molecule has 1 aliphatic rings. The van der Waals surface area contributed by atoms with Crippen LogP contribution in [-0.4, -0.2) is 10.2 Å². The van der Waals surface area contributed by atoms with Gasteiger partial charge in [0.25, 0.3) is 0 Å². The van der Waals surface area contributed by atoms with E-state index >= 15 is 0 Å². The summed E-state index contributed by atoms with van der Waals surface area (Å²) in [6.45, 7) is 3.98. The second-order valence-electron chi connectivity index (χ2n) is 6.21. The molecule has 0 radical (unpaired) electrons. The fourth-order valence-electron chi connectivity index (χ4n) is 3.86. The minimum absolute atomic E-state index is 0.409. The monoisotopic (exact) mass is 308 g/mol. The maximum atomic E-state index is 13.6. The number of halogens is 1. The number of rotatable bonds is 0. The summed E-state index contributed by atoms with van der Waals surface area (Å²) in [5, 5.41) is 23.3. The van der Waals surface area contributed by atoms with Gasteiger partial charge in [-0.2, -0.15) is 0 Å². The van der Waals surface area contributed by atoms with Gasteiger partial charge in [0.15, 0.2) is 0 Å². The van der Waals surface area contributed by atoms with Crippen molar-refractivity contribution in [3.05, 3.63) is 70.5 Å². The molecule has 0 fully saturated rings. The Bertz CT molecular complexity index is 946. The molecule has 0 aromatic heterocycles. The highest BCUT2D eigenvalue weighted by Gasteiger charge is 2.34. The number of fused-ring (bicyclic) bond motifs is 4. The molecule has 3 aromatic rings. The molecule has 1 aliphatic carbocycles. The smallest absolute Gasteiger partial charge is 0.123 e. The quantitative estimate of drug-likeness (QED) is 0.648. The Morgan fingerprint density at radius 3 is 2.22 bits per heavy atom. The predicted octanol–water partition coefficient (Wildman–Crippen LogP) is 4.34. The van der Waals surface area contributed by atoms with Crippen LogP contribution >= 0.6 is 0 Å². The van der Waals surface area contributed by atoms with Gasteiger partial charge in [0.05, 0.1) is 0 Å². The molecule has 0 aliphatic heterocycles. The molecular weight excluding hydrogens is 291 g/mol. The second-order valence-corrected chi connectivity index (χ2v) is 6.21. The maximum Gasteiger partial charge on any atom is 0.123 e. The van der Waals surface area contributed by atoms with Crippen molar-refractivity contribution in [1.82, 2.24) is 0 Å². The summed E-state index contributed by atoms with van der Waals surface area (Å²) in [7, 11) is 0. The van der Waals surface area contributed by atoms with E-state index in [-0.39, 0.29) is 0 Å². The summed E-state index contributed by atoms with van der Waals surface area (Å²) in [6, 6.07) is 12.4. The van der Waals surface area contributed by atoms with Gasteiger partial charge in [-0.15, -0.1) is 0 Å². The lowest BCUT2D eigenvalue weighted by Crippen LogP contribution is -2.19. The summed E-state index contributed by atoms with van der Waals surface area (Å²) in [5.41, 5.74) is 4.90. The fourth-order valence-corrected chi connectivity index (χ4v) is 3.86. The van der Waals surface area contributed by atoms with Crippen LogP contribution in [-0.2, 0) is 0 Å². The van der Waals surface area contributed by atoms with E-state index in [0.717, 1.165) is 38.6 Å². The van der Waals surface area contributed by atoms with Gasteiger partial charge in [0, 0.05) is 0 Å². The summed E-state index contributed by atoms with van der Waals surface area (Å²) in [6.07, 6.45) is -2.17. The lowest BCUT2D eigenvalue weighted by atomic mass is 9.76. The van der Waals surface area contributed by atoms with Crippen LogP contribution in [0.25, 0.3) is 21.9 Å². The standard InChI is InChI=1S/C20H17FO2/c1-10-13-5-3-4-6-14(13)11(2)18-17(10)15-8-7-12(21)9-16(15)19(22)20(18)23/h3-9,19-20,22-23H,1-2H3/t19-,20-/m0/s1. The highest BCUT2D eigenvalue weighted by molar-refractivity contribution is 5.97. The lowest BCUT2D eigenvalue weighted by Gasteiger charge is -2.32. The molecule has 0 amide bonds. The molecule has 4 rings (SSSR count). The van der Waals surface area contributed by atoms with Gasteiger partial charge in [-0.25, -0.2) is 4.39 Å². The van der Waals surface area contributed by atoms with Crippen molar-refractivity contribution in [3.8, 4) is 11.1 Å². The molecule has 0 unspecified atom stereocenters. The molecule has 3 heteroatoms. The molecule has 2 atom stereocenters. The normalized spacial score (nSPS) is 19.5. The Morgan fingerprint density at radius 1 is 0.870 bits per heavy atom. The molecule has 2 nitrogen and oxygen atoms in total. The van der Waals surface area contributed by atoms with Crippen LogP contribution in [0.5, 0.6) is 0 Å². The predicted molar refractivity (Wildman–Crippen MR) is 88.7 cm³/mol. The first-order valence-electron chi connectivity index (χ1n) is 7.68. The van der Waals surface area contributed by atoms with E-state index in [2.05, 4.69) is 6.07 Å². The fraction of sp³-hybridized carbons (Fsp3) is 0.200. The summed E-state index contributed by atoms with van der Waals surface area (Å²) >= 11 is 0. The zero-order valence-corrected chi connectivity index (χ0v) is 13.0. The number of hydrogen-bond acceptors (Lipinski definition) is 2. The van der Waals surface area contributed by atoms with E-state index in [4.69, 9.17) is 0 Å². The van der Waals surface area contributed by atoms with Crippen molar-refractivity contribution in [2.45, 2.75) is 26.1 Å². The summed E-state index contributed by atoms with van der Waals surface area (Å²) in [5.74, 6) is -0.409. The molecule has 0 bridgehead atoms. The molecule has 0 saturated carbocycles. The van der Waals surface area contributed by atoms with E-state index < -0.39 is 18.0 Å². The average molecular weight is 308 g/mol. The Balaban J connectivity index is 2.19. The van der Waals surface area contributed by atoms with Crippen LogP contribution in [0.2, 0.25) is 0 Å². The van der Waals surface area contributed by atoms with Gasteiger partial charge in [-0.05, 0) is 70.1 Å². The zero-order chi connectivity index (χ0) is 16.3. The average Bonchev–Trinajstić information content (AvgIpc) is 2.56. The van der Waals surface area contributed by atoms with Crippen LogP contribution in [0.4, 0.5) is 4.39 Å². The van der Waals surface area contributed by atoms with Gasteiger partial charge >= 0.3 is 0 Å². The number of aliphatic hydroxyl groups excluding tert-OH is 2. The third kappa shape index (κ3) is 1.87. The van der Waals surface area contributed by atoms with Crippen molar-refractivity contribution in [2.24, 2.45) is 0 Å². The summed E-state index contributed by atoms with van der Waals surface area (Å²) < 4.78 is 13.6. The van der Waals surface area contributed by atoms with Gasteiger partial charge in [-0.3, -0.25) is 0 Å². The number of aliphatic hydroxyl groups is 2. The third-order valence-corrected chi connectivity index (χ3v) is 4.98. The third-order valence-electron chi connectivity index (χ3n) is 4.98. The molecule has 0 spiro atoms. The number of aryl methyl sites for hydroxylation is 2. The van der Waals surface area contributed by atoms with Crippen LogP contribution in [0.3, 0.4) is 0 Å². The molecule has 3 aromatic carbocycles. The van der Waals surface area contributed by atoms with Crippen LogP contribution < -0.4 is 0 Å². The van der Waals surface area contributed by atoms with Gasteiger partial charge in [-0.1, -0.05) is 30.3 Å². The molecule has 0 saturated heterocycles. The highest BCUT2D eigenvalue weighted by atomic mass is 19.1. The molecule has 0 heterocycles. The Kier molecular flexibility index (Phi) is 3.05. The van der Waals surface area contributed by atoms with Crippen LogP contribution in [0.15, 0.2) is 42.5 Å². The first kappa shape index (κ1) is 14.4. The van der Waals surface area contributed by atoms with Crippen LogP contribution in [0, 0.1) is 19.7 Å². The second kappa shape index (κ2) is 4.88. The molecule has 116 valence electrons. The SMILES string of the molecule is Cc1c2c(c(C)c3ccccc13)[C@H](O)[C@@H](O)c1cc(F)ccc1-2. The molecular formula is C20H17FO2. The van der Waals surface area contributed by atoms with E-state index in [1.807, 2.05) is 32.0 Å². The van der Waals surface area contributed by atoms with Crippen molar-refractivity contribution < 1.29 is 14.6 Å². The Morgan fingerprint density at radius 2 is 1.52 bits per heavy atom. The van der Waals surface area contributed by atoms with E-state index in [1.165, 1.54) is 12.1 Å². The van der Waals surface area contributed by atoms with Gasteiger partial charge < -0.3 is 10.2 Å². The molecule has 23 heavy (non-hydrogen) atoms. The first-order chi connectivity index (χ1) is 11.0. The van der Waals surface area contributed by atoms with Crippen molar-refractivity contribution >= 4 is 10.8 Å². The summed E-state index contributed by atoms with van der Waals surface area (Å²) in [4.78, 5) is 0. The molecule has 2 N–H and O–H groups in total. The largest absolute Gasteiger partial charge is 0.385 e.